The van der Waals surface area contributed by atoms with Gasteiger partial charge in [0.15, 0.2) is 0 Å². The Balaban J connectivity index is 1.42. The van der Waals surface area contributed by atoms with Gasteiger partial charge in [-0.15, -0.1) is 0 Å². The smallest absolute Gasteiger partial charge is 0.328 e. The van der Waals surface area contributed by atoms with E-state index in [0.717, 1.165) is 30.5 Å². The van der Waals surface area contributed by atoms with Gasteiger partial charge in [-0.3, -0.25) is 9.59 Å². The van der Waals surface area contributed by atoms with E-state index in [2.05, 4.69) is 16.0 Å². The Morgan fingerprint density at radius 2 is 1.74 bits per heavy atom. The highest BCUT2D eigenvalue weighted by atomic mass is 32.2. The number of methoxy groups -OCH3 is 1. The molecule has 204 valence electrons. The summed E-state index contributed by atoms with van der Waals surface area (Å²) in [5, 5.41) is 8.74. The van der Waals surface area contributed by atoms with Crippen LogP contribution in [0.25, 0.3) is 0 Å². The quantitative estimate of drug-likeness (QED) is 0.411. The Morgan fingerprint density at radius 1 is 1.03 bits per heavy atom. The molecule has 2 aliphatic rings. The van der Waals surface area contributed by atoms with Gasteiger partial charge in [0.25, 0.3) is 0 Å². The highest BCUT2D eigenvalue weighted by molar-refractivity contribution is 7.89. The Kier molecular flexibility index (Phi) is 8.80. The predicted octanol–water partition coefficient (Wildman–Crippen LogP) is 1.74. The van der Waals surface area contributed by atoms with Crippen LogP contribution in [0.2, 0.25) is 0 Å². The maximum Gasteiger partial charge on any atom is 0.328 e. The van der Waals surface area contributed by atoms with Crippen LogP contribution in [0.15, 0.2) is 53.4 Å². The number of ether oxygens (including phenoxy) is 1. The Hall–Kier alpha value is -3.28. The summed E-state index contributed by atoms with van der Waals surface area (Å²) in [6, 6.07) is 11.4. The van der Waals surface area contributed by atoms with Gasteiger partial charge in [0.1, 0.15) is 12.1 Å². The zero-order valence-corrected chi connectivity index (χ0v) is 22.4. The number of esters is 1. The molecule has 2 heterocycles. The minimum Gasteiger partial charge on any atom is -0.467 e. The number of carbonyl (C=O) groups is 3. The average Bonchev–Trinajstić information content (AvgIpc) is 3.62. The number of benzene rings is 2. The van der Waals surface area contributed by atoms with Crippen LogP contribution in [0.4, 0.5) is 5.69 Å². The zero-order valence-electron chi connectivity index (χ0n) is 21.6. The number of rotatable bonds is 9. The fourth-order valence-corrected chi connectivity index (χ4v) is 6.49. The fraction of sp³-hybridized carbons (Fsp3) is 0.444. The molecule has 2 aromatic carbocycles. The van der Waals surface area contributed by atoms with Crippen LogP contribution in [0.1, 0.15) is 36.8 Å². The molecule has 2 fully saturated rings. The maximum atomic E-state index is 13.2. The van der Waals surface area contributed by atoms with Crippen molar-refractivity contribution in [3.05, 3.63) is 59.7 Å². The van der Waals surface area contributed by atoms with Crippen molar-refractivity contribution in [3.63, 3.8) is 0 Å². The molecule has 11 heteroatoms. The molecule has 2 saturated heterocycles. The maximum absolute atomic E-state index is 13.2. The van der Waals surface area contributed by atoms with E-state index in [-0.39, 0.29) is 29.8 Å². The van der Waals surface area contributed by atoms with Gasteiger partial charge in [-0.05, 0) is 69.0 Å². The van der Waals surface area contributed by atoms with Crippen molar-refractivity contribution in [1.82, 2.24) is 14.9 Å². The lowest BCUT2D eigenvalue weighted by Crippen LogP contribution is -2.51. The summed E-state index contributed by atoms with van der Waals surface area (Å²) in [5.74, 6) is -1.26. The van der Waals surface area contributed by atoms with Crippen LogP contribution in [-0.4, -0.2) is 68.8 Å². The first kappa shape index (κ1) is 27.7. The minimum absolute atomic E-state index is 0.0864. The first-order valence-electron chi connectivity index (χ1n) is 12.8. The van der Waals surface area contributed by atoms with Crippen molar-refractivity contribution in [2.24, 2.45) is 0 Å². The van der Waals surface area contributed by atoms with Gasteiger partial charge in [0.05, 0.1) is 18.0 Å². The van der Waals surface area contributed by atoms with Crippen molar-refractivity contribution >= 4 is 33.5 Å². The molecule has 0 spiro atoms. The van der Waals surface area contributed by atoms with Crippen molar-refractivity contribution in [2.45, 2.75) is 62.0 Å². The zero-order chi connectivity index (χ0) is 27.3. The minimum atomic E-state index is -3.87. The normalized spacial score (nSPS) is 20.6. The van der Waals surface area contributed by atoms with Gasteiger partial charge in [-0.1, -0.05) is 29.8 Å². The van der Waals surface area contributed by atoms with Gasteiger partial charge in [0, 0.05) is 18.7 Å². The number of nitrogens with zero attached hydrogens (tertiary/aromatic N) is 1. The topological polar surface area (TPSA) is 134 Å². The third-order valence-electron chi connectivity index (χ3n) is 6.97. The van der Waals surface area contributed by atoms with Gasteiger partial charge in [-0.25, -0.2) is 13.2 Å². The second kappa shape index (κ2) is 12.1. The summed E-state index contributed by atoms with van der Waals surface area (Å²) in [6.07, 6.45) is 2.81. The molecular formula is C27H34N4O6S. The Labute approximate surface area is 223 Å². The van der Waals surface area contributed by atoms with Gasteiger partial charge >= 0.3 is 5.97 Å². The lowest BCUT2D eigenvalue weighted by Gasteiger charge is -2.25. The molecule has 0 unspecified atom stereocenters. The fourth-order valence-electron chi connectivity index (χ4n) is 4.84. The van der Waals surface area contributed by atoms with E-state index >= 15 is 0 Å². The summed E-state index contributed by atoms with van der Waals surface area (Å²) in [4.78, 5) is 38.2. The van der Waals surface area contributed by atoms with Gasteiger partial charge in [-0.2, -0.15) is 4.31 Å². The van der Waals surface area contributed by atoms with Gasteiger partial charge in [0.2, 0.25) is 21.8 Å². The Bertz CT molecular complexity index is 1260. The molecule has 38 heavy (non-hydrogen) atoms. The van der Waals surface area contributed by atoms with Crippen molar-refractivity contribution in [2.75, 3.05) is 25.5 Å². The van der Waals surface area contributed by atoms with Gasteiger partial charge < -0.3 is 20.7 Å². The third kappa shape index (κ3) is 6.40. The van der Waals surface area contributed by atoms with Crippen LogP contribution in [0.5, 0.6) is 0 Å². The second-order valence-electron chi connectivity index (χ2n) is 9.71. The van der Waals surface area contributed by atoms with Crippen LogP contribution in [-0.2, 0) is 35.6 Å². The van der Waals surface area contributed by atoms with E-state index in [1.807, 2.05) is 6.92 Å². The molecule has 10 nitrogen and oxygen atoms in total. The molecule has 3 N–H and O–H groups in total. The van der Waals surface area contributed by atoms with Crippen molar-refractivity contribution < 1.29 is 27.5 Å². The second-order valence-corrected chi connectivity index (χ2v) is 11.6. The van der Waals surface area contributed by atoms with Crippen LogP contribution < -0.4 is 16.0 Å². The predicted molar refractivity (Wildman–Crippen MR) is 142 cm³/mol. The van der Waals surface area contributed by atoms with Crippen LogP contribution in [0, 0.1) is 6.92 Å². The number of sulfonamides is 1. The van der Waals surface area contributed by atoms with E-state index in [4.69, 9.17) is 4.74 Å². The summed E-state index contributed by atoms with van der Waals surface area (Å²) in [7, 11) is -2.64. The lowest BCUT2D eigenvalue weighted by atomic mass is 10.0. The molecule has 0 aliphatic carbocycles. The molecule has 0 radical (unpaired) electrons. The van der Waals surface area contributed by atoms with Crippen LogP contribution in [0.3, 0.4) is 0 Å². The van der Waals surface area contributed by atoms with E-state index in [1.165, 1.54) is 23.5 Å². The number of carbonyl (C=O) groups excluding carboxylic acids is 3. The van der Waals surface area contributed by atoms with E-state index in [1.54, 1.807) is 36.4 Å². The molecule has 2 aliphatic heterocycles. The SMILES string of the molecule is COC(=O)[C@H](Cc1ccc(NC(=O)[C@@H]2CCCN2)cc1)NC(=O)[C@@H]1CCCN1S(=O)(=O)c1ccc(C)cc1. The molecule has 3 atom stereocenters. The highest BCUT2D eigenvalue weighted by Gasteiger charge is 2.40. The highest BCUT2D eigenvalue weighted by Crippen LogP contribution is 2.27. The standard InChI is InChI=1S/C27H34N4O6S/c1-18-7-13-21(14-8-18)38(35,36)31-16-4-6-24(31)26(33)30-23(27(34)37-2)17-19-9-11-20(12-10-19)29-25(32)22-5-3-15-28-22/h7-14,22-24,28H,3-6,15-17H2,1-2H3,(H,29,32)(H,30,33)/t22-,23-,24-/m0/s1. The summed E-state index contributed by atoms with van der Waals surface area (Å²) < 4.78 is 32.6. The third-order valence-corrected chi connectivity index (χ3v) is 8.90. The first-order valence-corrected chi connectivity index (χ1v) is 14.2. The molecule has 2 aromatic rings. The summed E-state index contributed by atoms with van der Waals surface area (Å²) in [5.41, 5.74) is 2.31. The number of nitrogens with one attached hydrogen (secondary N) is 3. The summed E-state index contributed by atoms with van der Waals surface area (Å²) in [6.45, 7) is 2.92. The van der Waals surface area contributed by atoms with E-state index < -0.39 is 34.0 Å². The molecule has 0 bridgehead atoms. The van der Waals surface area contributed by atoms with Crippen LogP contribution >= 0.6 is 0 Å². The van der Waals surface area contributed by atoms with Crippen molar-refractivity contribution in [3.8, 4) is 0 Å². The molecule has 0 saturated carbocycles. The van der Waals surface area contributed by atoms with Crippen molar-refractivity contribution in [1.29, 1.82) is 0 Å². The molecule has 0 aromatic heterocycles. The number of hydrogen-bond donors (Lipinski definition) is 3. The largest absolute Gasteiger partial charge is 0.467 e. The average molecular weight is 543 g/mol. The molecule has 2 amide bonds. The molecule has 4 rings (SSSR count). The number of hydrogen-bond acceptors (Lipinski definition) is 7. The Morgan fingerprint density at radius 3 is 2.37 bits per heavy atom. The van der Waals surface area contributed by atoms with E-state index in [9.17, 15) is 22.8 Å². The lowest BCUT2D eigenvalue weighted by molar-refractivity contribution is -0.145. The monoisotopic (exact) mass is 542 g/mol. The number of anilines is 1. The number of amides is 2. The first-order chi connectivity index (χ1) is 18.2. The van der Waals surface area contributed by atoms with E-state index in [0.29, 0.717) is 18.5 Å². The number of aryl methyl sites for hydroxylation is 1. The summed E-state index contributed by atoms with van der Waals surface area (Å²) >= 11 is 0. The molecular weight excluding hydrogens is 508 g/mol.